The number of benzene rings is 3. The number of aromatic carboxylic acids is 1. The van der Waals surface area contributed by atoms with Crippen molar-refractivity contribution in [1.29, 1.82) is 5.26 Å². The number of rotatable bonds is 6. The molecule has 0 unspecified atom stereocenters. The van der Waals surface area contributed by atoms with Gasteiger partial charge in [0.2, 0.25) is 5.78 Å². The van der Waals surface area contributed by atoms with Crippen LogP contribution in [0.25, 0.3) is 5.57 Å². The summed E-state index contributed by atoms with van der Waals surface area (Å²) in [6.45, 7) is 0. The summed E-state index contributed by atoms with van der Waals surface area (Å²) < 4.78 is 2.14. The Hall–Kier alpha value is -0.340. The molecule has 0 aliphatic heterocycles. The number of nitrogens with two attached hydrogens (primary N) is 1. The zero-order valence-corrected chi connectivity index (χ0v) is 35.9. The maximum atomic E-state index is 12.2. The predicted octanol–water partition coefficient (Wildman–Crippen LogP) is -1.12. The van der Waals surface area contributed by atoms with E-state index in [9.17, 15) is 24.6 Å². The SMILES string of the molecule is N#Cc1cccc(C[C@H](N)C(=O)O)c1.O=C1C(I)=CC(=C(c2cc(I)c([O-])c(I)c2)c2ccccc2C(=O)[O-])C=C1I.[Na+].[Na+]. The molecule has 8 nitrogen and oxygen atoms in total. The van der Waals surface area contributed by atoms with Gasteiger partial charge in [-0.25, -0.2) is 0 Å². The van der Waals surface area contributed by atoms with Crippen LogP contribution in [0.4, 0.5) is 0 Å². The number of nitriles is 1. The van der Waals surface area contributed by atoms with E-state index in [4.69, 9.17) is 16.1 Å². The molecular weight excluding hydrogens is 1040 g/mol. The number of carbonyl (C=O) groups is 3. The van der Waals surface area contributed by atoms with Gasteiger partial charge in [-0.15, -0.1) is 0 Å². The third-order valence-corrected chi connectivity index (χ3v) is 9.02. The Balaban J connectivity index is 0.000000515. The van der Waals surface area contributed by atoms with E-state index in [1.54, 1.807) is 66.7 Å². The van der Waals surface area contributed by atoms with Crippen LogP contribution in [0.3, 0.4) is 0 Å². The molecule has 0 fully saturated rings. The Bertz CT molecular complexity index is 1690. The molecule has 14 heteroatoms. The van der Waals surface area contributed by atoms with Crippen molar-refractivity contribution >= 4 is 114 Å². The summed E-state index contributed by atoms with van der Waals surface area (Å²) in [5.41, 5.74) is 9.18. The van der Waals surface area contributed by atoms with Gasteiger partial charge in [-0.05, 0) is 161 Å². The number of allylic oxidation sites excluding steroid dienone is 5. The average molecular weight is 1060 g/mol. The van der Waals surface area contributed by atoms with Crippen LogP contribution in [0, 0.1) is 18.5 Å². The molecule has 1 atom stereocenters. The van der Waals surface area contributed by atoms with Crippen molar-refractivity contribution in [1.82, 2.24) is 0 Å². The van der Waals surface area contributed by atoms with E-state index in [0.29, 0.717) is 42.1 Å². The average Bonchev–Trinajstić information content (AvgIpc) is 2.95. The Morgan fingerprint density at radius 3 is 1.95 bits per heavy atom. The number of carboxylic acid groups (broad SMARTS) is 2. The summed E-state index contributed by atoms with van der Waals surface area (Å²) in [6.07, 6.45) is 3.71. The van der Waals surface area contributed by atoms with Crippen LogP contribution in [0.2, 0.25) is 0 Å². The van der Waals surface area contributed by atoms with E-state index < -0.39 is 18.0 Å². The first-order valence-corrected chi connectivity index (χ1v) is 16.1. The fraction of sp³-hybridized carbons (Fsp3) is 0.0667. The molecule has 0 amide bonds. The van der Waals surface area contributed by atoms with Gasteiger partial charge in [0, 0.05) is 12.7 Å². The van der Waals surface area contributed by atoms with E-state index in [0.717, 1.165) is 5.56 Å². The summed E-state index contributed by atoms with van der Waals surface area (Å²) in [5.74, 6) is -2.47. The van der Waals surface area contributed by atoms with Gasteiger partial charge in [0.25, 0.3) is 0 Å². The number of Topliss-reactive ketones (excluding diaryl/α,β-unsaturated/α-hetero) is 1. The smallest absolute Gasteiger partial charge is 0.871 e. The number of ketones is 1. The molecule has 0 heterocycles. The van der Waals surface area contributed by atoms with Crippen LogP contribution in [-0.2, 0) is 16.0 Å². The van der Waals surface area contributed by atoms with Crippen LogP contribution >= 0.6 is 90.4 Å². The summed E-state index contributed by atoms with van der Waals surface area (Å²) >= 11 is 7.90. The van der Waals surface area contributed by atoms with Gasteiger partial charge in [-0.1, -0.05) is 42.1 Å². The largest absolute Gasteiger partial charge is 1.00 e. The van der Waals surface area contributed by atoms with E-state index in [2.05, 4.69) is 0 Å². The maximum Gasteiger partial charge on any atom is 1.00 e. The van der Waals surface area contributed by atoms with E-state index in [1.165, 1.54) is 6.07 Å². The molecular formula is C30H18I4N2Na2O6. The normalized spacial score (nSPS) is 12.5. The van der Waals surface area contributed by atoms with Gasteiger partial charge in [0.05, 0.1) is 24.8 Å². The third-order valence-electron chi connectivity index (χ3n) is 5.82. The number of hydrogen-bond acceptors (Lipinski definition) is 7. The minimum atomic E-state index is -1.29. The van der Waals surface area contributed by atoms with Crippen LogP contribution in [0.15, 0.2) is 85.5 Å². The Labute approximate surface area is 352 Å². The van der Waals surface area contributed by atoms with Crippen molar-refractivity contribution in [2.45, 2.75) is 12.5 Å². The molecule has 3 N–H and O–H groups in total. The molecule has 0 saturated carbocycles. The quantitative estimate of drug-likeness (QED) is 0.232. The van der Waals surface area contributed by atoms with Gasteiger partial charge in [0.1, 0.15) is 6.04 Å². The monoisotopic (exact) mass is 1060 g/mol. The fourth-order valence-corrected chi connectivity index (χ4v) is 7.41. The molecule has 0 aromatic heterocycles. The summed E-state index contributed by atoms with van der Waals surface area (Å²) in [5, 5.41) is 41.1. The number of carbonyl (C=O) groups excluding carboxylic acids is 2. The maximum absolute atomic E-state index is 12.2. The number of halogens is 4. The number of hydrogen-bond donors (Lipinski definition) is 2. The fourth-order valence-electron chi connectivity index (χ4n) is 3.87. The van der Waals surface area contributed by atoms with Crippen molar-refractivity contribution in [3.05, 3.63) is 121 Å². The zero-order valence-electron chi connectivity index (χ0n) is 23.2. The van der Waals surface area contributed by atoms with Gasteiger partial charge in [-0.2, -0.15) is 5.26 Å². The van der Waals surface area contributed by atoms with Crippen molar-refractivity contribution in [3.8, 4) is 11.8 Å². The third kappa shape index (κ3) is 11.1. The molecule has 0 spiro atoms. The molecule has 214 valence electrons. The number of nitrogens with zero attached hydrogens (tertiary/aromatic N) is 1. The van der Waals surface area contributed by atoms with Crippen LogP contribution < -0.4 is 75.1 Å². The second kappa shape index (κ2) is 19.5. The molecule has 4 rings (SSSR count). The van der Waals surface area contributed by atoms with E-state index >= 15 is 0 Å². The van der Waals surface area contributed by atoms with E-state index in [-0.39, 0.29) is 82.6 Å². The minimum absolute atomic E-state index is 0. The second-order valence-corrected chi connectivity index (χ2v) is 13.4. The van der Waals surface area contributed by atoms with E-state index in [1.807, 2.05) is 96.4 Å². The second-order valence-electron chi connectivity index (χ2n) is 8.71. The van der Waals surface area contributed by atoms with Crippen molar-refractivity contribution in [2.75, 3.05) is 0 Å². The van der Waals surface area contributed by atoms with Gasteiger partial charge in [-0.3, -0.25) is 9.59 Å². The standard InChI is InChI=1S/C20H10I4O4.C10H10N2O2.2Na/c21-13-5-9(6-14(22)18(13)25)17(10-7-15(23)19(26)16(24)8-10)11-3-1-2-4-12(11)20(27)28;11-6-8-3-1-2-7(4-8)5-9(12)10(13)14;;/h1-8,25H,(H,27,28);1-4,9H,5,12H2,(H,13,14);;/q;;2*+1/p-2/t;9-;;/m.0../s1. The Morgan fingerprint density at radius 2 is 1.45 bits per heavy atom. The molecule has 3 aromatic carbocycles. The predicted molar refractivity (Wildman–Crippen MR) is 188 cm³/mol. The van der Waals surface area contributed by atoms with Gasteiger partial charge < -0.3 is 25.8 Å². The van der Waals surface area contributed by atoms with Crippen molar-refractivity contribution < 1.29 is 88.8 Å². The number of aliphatic carboxylic acids is 1. The minimum Gasteiger partial charge on any atom is -0.871 e. The molecule has 3 aromatic rings. The first kappa shape index (κ1) is 41.7. The molecule has 0 bridgehead atoms. The molecule has 1 aliphatic rings. The topological polar surface area (TPSA) is 167 Å². The van der Waals surface area contributed by atoms with Gasteiger partial charge in [0.15, 0.2) is 0 Å². The van der Waals surface area contributed by atoms with Crippen LogP contribution in [0.5, 0.6) is 5.75 Å². The van der Waals surface area contributed by atoms with Crippen LogP contribution in [-0.4, -0.2) is 28.9 Å². The van der Waals surface area contributed by atoms with Crippen molar-refractivity contribution in [2.24, 2.45) is 5.73 Å². The first-order valence-electron chi connectivity index (χ1n) is 11.8. The summed E-state index contributed by atoms with van der Waals surface area (Å²) in [4.78, 5) is 34.4. The van der Waals surface area contributed by atoms with Crippen molar-refractivity contribution in [3.63, 3.8) is 0 Å². The molecule has 0 saturated heterocycles. The zero-order chi connectivity index (χ0) is 31.1. The molecule has 1 aliphatic carbocycles. The van der Waals surface area contributed by atoms with Gasteiger partial charge >= 0.3 is 65.1 Å². The summed E-state index contributed by atoms with van der Waals surface area (Å²) in [7, 11) is 0. The first-order chi connectivity index (χ1) is 19.8. The molecule has 44 heavy (non-hydrogen) atoms. The van der Waals surface area contributed by atoms with Crippen LogP contribution in [0.1, 0.15) is 32.6 Å². The number of carboxylic acids is 2. The summed E-state index contributed by atoms with van der Waals surface area (Å²) in [6, 6.07) is 17.9. The Morgan fingerprint density at radius 1 is 0.909 bits per heavy atom. The molecule has 0 radical (unpaired) electrons. The Kier molecular flexibility index (Phi) is 18.4.